The Morgan fingerprint density at radius 1 is 1.07 bits per heavy atom. The first-order chi connectivity index (χ1) is 14.4. The molecule has 0 radical (unpaired) electrons. The van der Waals surface area contributed by atoms with Crippen LogP contribution in [0.5, 0.6) is 0 Å². The number of urea groups is 1. The predicted octanol–water partition coefficient (Wildman–Crippen LogP) is 4.63. The van der Waals surface area contributed by atoms with Gasteiger partial charge in [-0.2, -0.15) is 5.10 Å². The van der Waals surface area contributed by atoms with Gasteiger partial charge in [-0.05, 0) is 48.0 Å². The molecule has 4 rings (SSSR count). The van der Waals surface area contributed by atoms with E-state index in [0.717, 1.165) is 15.5 Å². The number of anilines is 1. The van der Waals surface area contributed by atoms with Crippen molar-refractivity contribution >= 4 is 47.0 Å². The normalized spacial score (nSPS) is 14.3. The van der Waals surface area contributed by atoms with Gasteiger partial charge in [0, 0.05) is 21.3 Å². The van der Waals surface area contributed by atoms with Crippen molar-refractivity contribution in [2.75, 3.05) is 12.3 Å². The van der Waals surface area contributed by atoms with Crippen molar-refractivity contribution in [2.24, 2.45) is 5.10 Å². The number of hydrazone groups is 1. The van der Waals surface area contributed by atoms with Crippen molar-refractivity contribution in [1.82, 2.24) is 9.91 Å². The molecule has 0 aliphatic carbocycles. The molecule has 0 bridgehead atoms. The number of benzene rings is 2. The number of nitrogens with zero attached hydrogens (tertiary/aromatic N) is 3. The second-order valence-corrected chi connectivity index (χ2v) is 7.54. The number of hydrogen-bond donors (Lipinski definition) is 1. The summed E-state index contributed by atoms with van der Waals surface area (Å²) in [5.74, 6) is 0.622. The van der Waals surface area contributed by atoms with Gasteiger partial charge in [-0.25, -0.2) is 9.80 Å². The monoisotopic (exact) mass is 442 g/mol. The molecule has 9 heteroatoms. The van der Waals surface area contributed by atoms with Crippen LogP contribution < -0.4 is 5.73 Å². The first kappa shape index (κ1) is 20.0. The summed E-state index contributed by atoms with van der Waals surface area (Å²) in [7, 11) is 0. The number of hydrogen-bond acceptors (Lipinski definition) is 5. The lowest BCUT2D eigenvalue weighted by Crippen LogP contribution is -2.30. The Bertz CT molecular complexity index is 1140. The third-order valence-corrected chi connectivity index (χ3v) is 4.86. The Morgan fingerprint density at radius 2 is 1.83 bits per heavy atom. The average molecular weight is 443 g/mol. The highest BCUT2D eigenvalue weighted by Gasteiger charge is 2.36. The van der Waals surface area contributed by atoms with Crippen molar-refractivity contribution in [3.05, 3.63) is 76.0 Å². The van der Waals surface area contributed by atoms with Gasteiger partial charge in [-0.1, -0.05) is 35.3 Å². The number of nitrogen functional groups attached to an aromatic ring is 1. The molecule has 3 amide bonds. The van der Waals surface area contributed by atoms with Crippen molar-refractivity contribution < 1.29 is 14.0 Å². The van der Waals surface area contributed by atoms with E-state index in [9.17, 15) is 9.59 Å². The molecule has 1 aromatic heterocycles. The molecule has 152 valence electrons. The Kier molecular flexibility index (Phi) is 5.48. The summed E-state index contributed by atoms with van der Waals surface area (Å²) in [6.45, 7) is -0.00965. The predicted molar refractivity (Wildman–Crippen MR) is 115 cm³/mol. The number of carbonyl (C=O) groups is 2. The Labute approximate surface area is 182 Å². The first-order valence-corrected chi connectivity index (χ1v) is 9.71. The van der Waals surface area contributed by atoms with E-state index >= 15 is 0 Å². The van der Waals surface area contributed by atoms with Crippen LogP contribution in [0.1, 0.15) is 11.3 Å². The Morgan fingerprint density at radius 3 is 2.57 bits per heavy atom. The van der Waals surface area contributed by atoms with E-state index in [0.29, 0.717) is 32.8 Å². The maximum absolute atomic E-state index is 12.6. The molecular formula is C21H16Cl2N4O3. The highest BCUT2D eigenvalue weighted by molar-refractivity contribution is 6.35. The molecule has 0 atom stereocenters. The summed E-state index contributed by atoms with van der Waals surface area (Å²) in [5.41, 5.74) is 7.80. The quantitative estimate of drug-likeness (QED) is 0.354. The summed E-state index contributed by atoms with van der Waals surface area (Å²) in [6, 6.07) is 15.0. The van der Waals surface area contributed by atoms with E-state index in [1.165, 1.54) is 6.21 Å². The smallest absolute Gasteiger partial charge is 0.347 e. The van der Waals surface area contributed by atoms with E-state index in [2.05, 4.69) is 5.10 Å². The van der Waals surface area contributed by atoms with Crippen LogP contribution in [0.3, 0.4) is 0 Å². The van der Waals surface area contributed by atoms with Gasteiger partial charge in [-0.15, -0.1) is 0 Å². The molecule has 0 spiro atoms. The third kappa shape index (κ3) is 4.32. The number of rotatable bonds is 5. The molecule has 1 saturated heterocycles. The van der Waals surface area contributed by atoms with Crippen LogP contribution in [0.4, 0.5) is 10.5 Å². The van der Waals surface area contributed by atoms with E-state index in [-0.39, 0.29) is 19.0 Å². The molecular weight excluding hydrogens is 427 g/mol. The van der Waals surface area contributed by atoms with Gasteiger partial charge >= 0.3 is 6.03 Å². The molecule has 0 saturated carbocycles. The number of halogens is 2. The topological polar surface area (TPSA) is 92.1 Å². The molecule has 7 nitrogen and oxygen atoms in total. The van der Waals surface area contributed by atoms with Crippen molar-refractivity contribution in [3.63, 3.8) is 0 Å². The summed E-state index contributed by atoms with van der Waals surface area (Å²) in [4.78, 5) is 25.9. The van der Waals surface area contributed by atoms with E-state index in [4.69, 9.17) is 33.4 Å². The molecule has 2 aromatic carbocycles. The van der Waals surface area contributed by atoms with Gasteiger partial charge < -0.3 is 10.2 Å². The lowest BCUT2D eigenvalue weighted by molar-refractivity contribution is -0.125. The lowest BCUT2D eigenvalue weighted by atomic mass is 10.2. The van der Waals surface area contributed by atoms with Gasteiger partial charge in [0.25, 0.3) is 5.91 Å². The molecule has 1 fully saturated rings. The number of imide groups is 1. The van der Waals surface area contributed by atoms with Crippen molar-refractivity contribution in [3.8, 4) is 11.3 Å². The summed E-state index contributed by atoms with van der Waals surface area (Å²) in [5, 5.41) is 6.17. The minimum atomic E-state index is -0.507. The lowest BCUT2D eigenvalue weighted by Gasteiger charge is -2.14. The maximum Gasteiger partial charge on any atom is 0.347 e. The fourth-order valence-electron chi connectivity index (χ4n) is 3.05. The minimum Gasteiger partial charge on any atom is -0.455 e. The molecule has 1 aliphatic rings. The van der Waals surface area contributed by atoms with Crippen LogP contribution in [0.25, 0.3) is 11.3 Å². The summed E-state index contributed by atoms with van der Waals surface area (Å²) >= 11 is 12.0. The van der Waals surface area contributed by atoms with Crippen LogP contribution in [0.2, 0.25) is 10.0 Å². The van der Waals surface area contributed by atoms with Gasteiger partial charge in [-0.3, -0.25) is 9.69 Å². The second-order valence-electron chi connectivity index (χ2n) is 6.67. The van der Waals surface area contributed by atoms with Crippen molar-refractivity contribution in [2.45, 2.75) is 6.54 Å². The first-order valence-electron chi connectivity index (χ1n) is 8.95. The van der Waals surface area contributed by atoms with Gasteiger partial charge in [0.05, 0.1) is 12.8 Å². The average Bonchev–Trinajstić information content (AvgIpc) is 3.26. The molecule has 2 heterocycles. The molecule has 3 aromatic rings. The Hall–Kier alpha value is -3.29. The number of carbonyl (C=O) groups excluding carboxylic acids is 2. The van der Waals surface area contributed by atoms with Crippen LogP contribution in [0, 0.1) is 0 Å². The highest BCUT2D eigenvalue weighted by Crippen LogP contribution is 2.28. The largest absolute Gasteiger partial charge is 0.455 e. The Balaban J connectivity index is 1.46. The van der Waals surface area contributed by atoms with Gasteiger partial charge in [0.2, 0.25) is 0 Å². The van der Waals surface area contributed by atoms with Crippen LogP contribution in [0.15, 0.2) is 64.1 Å². The fourth-order valence-corrected chi connectivity index (χ4v) is 3.57. The fraction of sp³-hybridized carbons (Fsp3) is 0.0952. The zero-order valence-corrected chi connectivity index (χ0v) is 17.1. The molecule has 0 unspecified atom stereocenters. The third-order valence-electron chi connectivity index (χ3n) is 4.43. The zero-order valence-electron chi connectivity index (χ0n) is 15.6. The SMILES string of the molecule is Nc1cccc(CN2C(=O)CN(/N=C/c3ccc(-c4cc(Cl)cc(Cl)c4)o3)C2=O)c1. The van der Waals surface area contributed by atoms with Crippen LogP contribution in [-0.4, -0.2) is 34.6 Å². The summed E-state index contributed by atoms with van der Waals surface area (Å²) < 4.78 is 5.72. The molecule has 30 heavy (non-hydrogen) atoms. The van der Waals surface area contributed by atoms with Gasteiger partial charge in [0.1, 0.15) is 18.1 Å². The van der Waals surface area contributed by atoms with Gasteiger partial charge in [0.15, 0.2) is 0 Å². The van der Waals surface area contributed by atoms with E-state index in [1.807, 2.05) is 0 Å². The zero-order chi connectivity index (χ0) is 21.3. The highest BCUT2D eigenvalue weighted by atomic mass is 35.5. The van der Waals surface area contributed by atoms with E-state index < -0.39 is 6.03 Å². The number of furan rings is 1. The molecule has 2 N–H and O–H groups in total. The summed E-state index contributed by atoms with van der Waals surface area (Å²) in [6.07, 6.45) is 1.38. The van der Waals surface area contributed by atoms with Crippen molar-refractivity contribution in [1.29, 1.82) is 0 Å². The second kappa shape index (κ2) is 8.22. The number of amides is 3. The van der Waals surface area contributed by atoms with Crippen LogP contribution >= 0.6 is 23.2 Å². The maximum atomic E-state index is 12.6. The number of nitrogens with two attached hydrogens (primary N) is 1. The molecule has 1 aliphatic heterocycles. The van der Waals surface area contributed by atoms with Crippen LogP contribution in [-0.2, 0) is 11.3 Å². The van der Waals surface area contributed by atoms with E-state index in [1.54, 1.807) is 54.6 Å². The minimum absolute atomic E-state index is 0.134. The standard InChI is InChI=1S/C21H16Cl2N4O3/c22-15-7-14(8-16(23)9-15)19-5-4-18(30-19)10-25-27-12-20(28)26(21(27)29)11-13-2-1-3-17(24)6-13/h1-10H,11-12,24H2/b25-10+.